The van der Waals surface area contributed by atoms with Gasteiger partial charge in [0, 0.05) is 13.6 Å². The maximum absolute atomic E-state index is 11.8. The molecular formula is C10H14N2O4S2. The van der Waals surface area contributed by atoms with Crippen LogP contribution in [0, 0.1) is 0 Å². The first-order chi connectivity index (χ1) is 8.49. The van der Waals surface area contributed by atoms with Gasteiger partial charge in [0.15, 0.2) is 0 Å². The number of nitrogens with one attached hydrogen (secondary N) is 1. The minimum Gasteiger partial charge on any atom is -0.444 e. The van der Waals surface area contributed by atoms with Crippen molar-refractivity contribution >= 4 is 27.5 Å². The van der Waals surface area contributed by atoms with Crippen molar-refractivity contribution in [2.24, 2.45) is 0 Å². The molecule has 0 saturated carbocycles. The van der Waals surface area contributed by atoms with Crippen LogP contribution in [0.2, 0.25) is 0 Å². The second kappa shape index (κ2) is 5.25. The number of nitrogens with zero attached hydrogens (tertiary/aromatic N) is 1. The van der Waals surface area contributed by atoms with Gasteiger partial charge in [-0.25, -0.2) is 17.9 Å². The first kappa shape index (κ1) is 13.3. The van der Waals surface area contributed by atoms with E-state index in [1.807, 2.05) is 0 Å². The van der Waals surface area contributed by atoms with Gasteiger partial charge < -0.3 is 9.64 Å². The van der Waals surface area contributed by atoms with Crippen LogP contribution in [-0.2, 0) is 14.8 Å². The molecule has 1 N–H and O–H groups in total. The lowest BCUT2D eigenvalue weighted by atomic mass is 10.2. The van der Waals surface area contributed by atoms with Gasteiger partial charge in [0.2, 0.25) is 10.0 Å². The highest BCUT2D eigenvalue weighted by Gasteiger charge is 2.28. The van der Waals surface area contributed by atoms with Gasteiger partial charge in [-0.2, -0.15) is 0 Å². The molecule has 0 aromatic carbocycles. The molecule has 0 radical (unpaired) electrons. The average molecular weight is 290 g/mol. The summed E-state index contributed by atoms with van der Waals surface area (Å²) < 4.78 is 31.4. The molecule has 100 valence electrons. The monoisotopic (exact) mass is 290 g/mol. The standard InChI is InChI=1S/C10H14N2O4S2/c1-12-7-8(16-10(12)13)4-5-11-18(14,15)9-3-2-6-17-9/h2-3,6,8,11H,4-5,7H2,1H3. The number of cyclic esters (lactones) is 1. The van der Waals surface area contributed by atoms with Crippen molar-refractivity contribution in [1.82, 2.24) is 9.62 Å². The zero-order valence-corrected chi connectivity index (χ0v) is 11.5. The van der Waals surface area contributed by atoms with Crippen molar-refractivity contribution in [1.29, 1.82) is 0 Å². The number of sulfonamides is 1. The lowest BCUT2D eigenvalue weighted by Gasteiger charge is -2.08. The molecule has 8 heteroatoms. The fourth-order valence-corrected chi connectivity index (χ4v) is 3.73. The van der Waals surface area contributed by atoms with Crippen molar-refractivity contribution in [3.8, 4) is 0 Å². The van der Waals surface area contributed by atoms with Gasteiger partial charge in [-0.05, 0) is 17.9 Å². The van der Waals surface area contributed by atoms with E-state index in [4.69, 9.17) is 4.74 Å². The van der Waals surface area contributed by atoms with Crippen LogP contribution in [0.15, 0.2) is 21.7 Å². The van der Waals surface area contributed by atoms with Gasteiger partial charge in [0.1, 0.15) is 10.3 Å². The Morgan fingerprint density at radius 3 is 2.94 bits per heavy atom. The molecule has 2 heterocycles. The summed E-state index contributed by atoms with van der Waals surface area (Å²) >= 11 is 1.17. The molecule has 0 aliphatic carbocycles. The second-order valence-electron chi connectivity index (χ2n) is 4.00. The van der Waals surface area contributed by atoms with Gasteiger partial charge in [0.25, 0.3) is 0 Å². The number of likely N-dealkylation sites (N-methyl/N-ethyl adjacent to an activating group) is 1. The normalized spacial score (nSPS) is 20.2. The van der Waals surface area contributed by atoms with Crippen LogP contribution in [0.25, 0.3) is 0 Å². The second-order valence-corrected chi connectivity index (χ2v) is 6.95. The highest BCUT2D eigenvalue weighted by molar-refractivity contribution is 7.91. The molecule has 1 saturated heterocycles. The molecule has 1 aliphatic rings. The Balaban J connectivity index is 1.81. The van der Waals surface area contributed by atoms with Crippen LogP contribution in [0.1, 0.15) is 6.42 Å². The van der Waals surface area contributed by atoms with Gasteiger partial charge in [-0.1, -0.05) is 6.07 Å². The van der Waals surface area contributed by atoms with Crippen molar-refractivity contribution < 1.29 is 17.9 Å². The SMILES string of the molecule is CN1CC(CCNS(=O)(=O)c2cccs2)OC1=O. The minimum absolute atomic E-state index is 0.242. The summed E-state index contributed by atoms with van der Waals surface area (Å²) in [5.74, 6) is 0. The van der Waals surface area contributed by atoms with Gasteiger partial charge in [-0.15, -0.1) is 11.3 Å². The summed E-state index contributed by atoms with van der Waals surface area (Å²) in [6.07, 6.45) is -0.129. The zero-order valence-electron chi connectivity index (χ0n) is 9.83. The molecule has 1 aliphatic heterocycles. The van der Waals surface area contributed by atoms with Gasteiger partial charge in [-0.3, -0.25) is 0 Å². The highest BCUT2D eigenvalue weighted by atomic mass is 32.2. The first-order valence-corrected chi connectivity index (χ1v) is 7.80. The Bertz CT molecular complexity index is 512. The molecule has 1 aromatic rings. The summed E-state index contributed by atoms with van der Waals surface area (Å²) in [7, 11) is -1.77. The summed E-state index contributed by atoms with van der Waals surface area (Å²) in [5, 5.41) is 1.71. The largest absolute Gasteiger partial charge is 0.444 e. The topological polar surface area (TPSA) is 75.7 Å². The summed E-state index contributed by atoms with van der Waals surface area (Å²) in [6.45, 7) is 0.756. The molecule has 1 fully saturated rings. The van der Waals surface area contributed by atoms with Crippen molar-refractivity contribution in [3.05, 3.63) is 17.5 Å². The minimum atomic E-state index is -3.42. The summed E-state index contributed by atoms with van der Waals surface area (Å²) in [6, 6.07) is 3.24. The number of thiophene rings is 1. The highest BCUT2D eigenvalue weighted by Crippen LogP contribution is 2.16. The van der Waals surface area contributed by atoms with E-state index in [0.717, 1.165) is 0 Å². The molecule has 0 bridgehead atoms. The fraction of sp³-hybridized carbons (Fsp3) is 0.500. The number of carbonyl (C=O) groups excluding carboxylic acids is 1. The maximum atomic E-state index is 11.8. The molecule has 1 aromatic heterocycles. The summed E-state index contributed by atoms with van der Waals surface area (Å²) in [5.41, 5.74) is 0. The maximum Gasteiger partial charge on any atom is 0.409 e. The van der Waals surface area contributed by atoms with Crippen molar-refractivity contribution in [3.63, 3.8) is 0 Å². The predicted molar refractivity (Wildman–Crippen MR) is 67.0 cm³/mol. The Labute approximate surface area is 110 Å². The first-order valence-electron chi connectivity index (χ1n) is 5.44. The van der Waals surface area contributed by atoms with E-state index < -0.39 is 10.0 Å². The fourth-order valence-electron chi connectivity index (χ4n) is 1.64. The number of hydrogen-bond acceptors (Lipinski definition) is 5. The smallest absolute Gasteiger partial charge is 0.409 e. The van der Waals surface area contributed by atoms with Crippen LogP contribution >= 0.6 is 11.3 Å². The van der Waals surface area contributed by atoms with E-state index in [0.29, 0.717) is 17.2 Å². The quantitative estimate of drug-likeness (QED) is 0.873. The Morgan fingerprint density at radius 1 is 1.61 bits per heavy atom. The lowest BCUT2D eigenvalue weighted by Crippen LogP contribution is -2.28. The molecule has 18 heavy (non-hydrogen) atoms. The van der Waals surface area contributed by atoms with Crippen LogP contribution < -0.4 is 4.72 Å². The van der Waals surface area contributed by atoms with Crippen molar-refractivity contribution in [2.75, 3.05) is 20.1 Å². The van der Waals surface area contributed by atoms with Crippen LogP contribution in [0.3, 0.4) is 0 Å². The van der Waals surface area contributed by atoms with E-state index in [9.17, 15) is 13.2 Å². The number of amides is 1. The van der Waals surface area contributed by atoms with E-state index in [-0.39, 0.29) is 18.7 Å². The molecule has 1 amide bonds. The lowest BCUT2D eigenvalue weighted by molar-refractivity contribution is 0.131. The zero-order chi connectivity index (χ0) is 13.2. The molecular weight excluding hydrogens is 276 g/mol. The third-order valence-electron chi connectivity index (χ3n) is 2.57. The van der Waals surface area contributed by atoms with Gasteiger partial charge >= 0.3 is 6.09 Å². The number of ether oxygens (including phenoxy) is 1. The van der Waals surface area contributed by atoms with Crippen molar-refractivity contribution in [2.45, 2.75) is 16.7 Å². The van der Waals surface area contributed by atoms with Crippen LogP contribution in [-0.4, -0.2) is 45.7 Å². The van der Waals surface area contributed by atoms with Crippen LogP contribution in [0.4, 0.5) is 4.79 Å². The van der Waals surface area contributed by atoms with E-state index in [1.54, 1.807) is 24.6 Å². The van der Waals surface area contributed by atoms with E-state index in [2.05, 4.69) is 4.72 Å². The summed E-state index contributed by atoms with van der Waals surface area (Å²) in [4.78, 5) is 12.6. The molecule has 1 unspecified atom stereocenters. The average Bonchev–Trinajstić information content (AvgIpc) is 2.90. The number of rotatable bonds is 5. The Hall–Kier alpha value is -1.12. The third kappa shape index (κ3) is 3.01. The molecule has 1 atom stereocenters. The number of hydrogen-bond donors (Lipinski definition) is 1. The van der Waals surface area contributed by atoms with Gasteiger partial charge in [0.05, 0.1) is 6.54 Å². The van der Waals surface area contributed by atoms with Crippen LogP contribution in [0.5, 0.6) is 0 Å². The third-order valence-corrected chi connectivity index (χ3v) is 5.43. The predicted octanol–water partition coefficient (Wildman–Crippen LogP) is 0.867. The van der Waals surface area contributed by atoms with E-state index >= 15 is 0 Å². The Kier molecular flexibility index (Phi) is 3.88. The molecule has 6 nitrogen and oxygen atoms in total. The van der Waals surface area contributed by atoms with E-state index in [1.165, 1.54) is 16.2 Å². The Morgan fingerprint density at radius 2 is 2.39 bits per heavy atom. The molecule has 2 rings (SSSR count). The number of carbonyl (C=O) groups is 1. The molecule has 0 spiro atoms.